The number of amides is 1. The number of ether oxygens (including phenoxy) is 3. The molecule has 43 heavy (non-hydrogen) atoms. The van der Waals surface area contributed by atoms with Crippen LogP contribution in [-0.2, 0) is 10.0 Å². The first-order valence-corrected chi connectivity index (χ1v) is 14.7. The van der Waals surface area contributed by atoms with Crippen LogP contribution in [0.2, 0.25) is 0 Å². The number of aromatic nitrogens is 1. The Morgan fingerprint density at radius 1 is 0.767 bits per heavy atom. The first kappa shape index (κ1) is 29.2. The molecule has 0 aliphatic rings. The fourth-order valence-corrected chi connectivity index (χ4v) is 5.45. The van der Waals surface area contributed by atoms with Crippen LogP contribution in [0, 0.1) is 6.92 Å². The van der Waals surface area contributed by atoms with Gasteiger partial charge in [0.25, 0.3) is 15.9 Å². The SMILES string of the molecule is COc1cc(Nc2nc3ccccc3cc2NS(=O)(=O)c2ccc(NC(=O)c3ccc(C)c(OC)c3)cc2)cc(OC)c1. The highest BCUT2D eigenvalue weighted by atomic mass is 32.2. The van der Waals surface area contributed by atoms with Gasteiger partial charge in [0.05, 0.1) is 37.4 Å². The van der Waals surface area contributed by atoms with E-state index in [4.69, 9.17) is 14.2 Å². The number of nitrogens with zero attached hydrogens (tertiary/aromatic N) is 1. The molecule has 1 heterocycles. The van der Waals surface area contributed by atoms with Gasteiger partial charge >= 0.3 is 0 Å². The van der Waals surface area contributed by atoms with Crippen LogP contribution in [0.15, 0.2) is 95.9 Å². The Hall–Kier alpha value is -5.29. The third kappa shape index (κ3) is 6.62. The molecule has 10 nitrogen and oxygen atoms in total. The van der Waals surface area contributed by atoms with Crippen LogP contribution in [0.4, 0.5) is 22.9 Å². The molecule has 220 valence electrons. The minimum atomic E-state index is -4.04. The van der Waals surface area contributed by atoms with Gasteiger partial charge in [-0.25, -0.2) is 13.4 Å². The van der Waals surface area contributed by atoms with Crippen molar-refractivity contribution in [1.82, 2.24) is 4.98 Å². The minimum Gasteiger partial charge on any atom is -0.497 e. The lowest BCUT2D eigenvalue weighted by molar-refractivity contribution is 0.102. The lowest BCUT2D eigenvalue weighted by Gasteiger charge is -2.16. The zero-order valence-corrected chi connectivity index (χ0v) is 24.8. The molecule has 0 saturated heterocycles. The average Bonchev–Trinajstić information content (AvgIpc) is 3.01. The molecule has 5 rings (SSSR count). The molecule has 0 fully saturated rings. The predicted molar refractivity (Wildman–Crippen MR) is 168 cm³/mol. The summed E-state index contributed by atoms with van der Waals surface area (Å²) in [6.07, 6.45) is 0. The zero-order valence-electron chi connectivity index (χ0n) is 24.0. The first-order valence-electron chi connectivity index (χ1n) is 13.2. The number of fused-ring (bicyclic) bond motifs is 1. The largest absolute Gasteiger partial charge is 0.497 e. The maximum absolute atomic E-state index is 13.5. The number of rotatable bonds is 10. The molecule has 0 aliphatic heterocycles. The van der Waals surface area contributed by atoms with E-state index in [2.05, 4.69) is 20.3 Å². The Labute approximate surface area is 249 Å². The van der Waals surface area contributed by atoms with Crippen molar-refractivity contribution in [1.29, 1.82) is 0 Å². The maximum Gasteiger partial charge on any atom is 0.262 e. The molecule has 3 N–H and O–H groups in total. The minimum absolute atomic E-state index is 0.00432. The second-order valence-corrected chi connectivity index (χ2v) is 11.3. The molecule has 0 saturated carbocycles. The molecule has 1 amide bonds. The number of sulfonamides is 1. The van der Waals surface area contributed by atoms with Crippen LogP contribution in [0.5, 0.6) is 17.2 Å². The van der Waals surface area contributed by atoms with E-state index in [-0.39, 0.29) is 22.3 Å². The van der Waals surface area contributed by atoms with Crippen molar-refractivity contribution in [3.05, 3.63) is 102 Å². The molecule has 5 aromatic rings. The topological polar surface area (TPSA) is 128 Å². The van der Waals surface area contributed by atoms with Gasteiger partial charge in [-0.15, -0.1) is 0 Å². The van der Waals surface area contributed by atoms with E-state index in [0.29, 0.717) is 39.7 Å². The molecular formula is C32H30N4O6S. The van der Waals surface area contributed by atoms with Gasteiger partial charge in [0.1, 0.15) is 17.2 Å². The van der Waals surface area contributed by atoms with Gasteiger partial charge in [-0.2, -0.15) is 0 Å². The Kier molecular flexibility index (Phi) is 8.35. The maximum atomic E-state index is 13.5. The van der Waals surface area contributed by atoms with E-state index in [9.17, 15) is 13.2 Å². The number of carbonyl (C=O) groups excluding carboxylic acids is 1. The van der Waals surface area contributed by atoms with Crippen LogP contribution in [0.3, 0.4) is 0 Å². The van der Waals surface area contributed by atoms with E-state index >= 15 is 0 Å². The standard InChI is InChI=1S/C32H30N4O6S/c1-20-9-10-22(16-30(20)42-4)32(37)34-23-11-13-27(14-12-23)43(38,39)36-29-15-21-7-5-6-8-28(21)35-31(29)33-24-17-25(40-2)19-26(18-24)41-3/h5-19,36H,1-4H3,(H,33,35)(H,34,37). The van der Waals surface area contributed by atoms with Crippen molar-refractivity contribution in [2.75, 3.05) is 36.7 Å². The molecular weight excluding hydrogens is 568 g/mol. The summed E-state index contributed by atoms with van der Waals surface area (Å²) in [4.78, 5) is 17.4. The van der Waals surface area contributed by atoms with Gasteiger partial charge in [-0.1, -0.05) is 24.3 Å². The predicted octanol–water partition coefficient (Wildman–Crippen LogP) is 6.37. The summed E-state index contributed by atoms with van der Waals surface area (Å²) in [7, 11) is 0.588. The van der Waals surface area contributed by atoms with Crippen LogP contribution >= 0.6 is 0 Å². The van der Waals surface area contributed by atoms with Crippen LogP contribution in [0.1, 0.15) is 15.9 Å². The van der Waals surface area contributed by atoms with Gasteiger partial charge in [0, 0.05) is 40.5 Å². The summed E-state index contributed by atoms with van der Waals surface area (Å²) in [6.45, 7) is 1.89. The molecule has 0 bridgehead atoms. The Morgan fingerprint density at radius 3 is 2.14 bits per heavy atom. The molecule has 0 atom stereocenters. The molecule has 1 aromatic heterocycles. The smallest absolute Gasteiger partial charge is 0.262 e. The second-order valence-electron chi connectivity index (χ2n) is 9.57. The normalized spacial score (nSPS) is 11.1. The molecule has 0 aliphatic carbocycles. The fraction of sp³-hybridized carbons (Fsp3) is 0.125. The fourth-order valence-electron chi connectivity index (χ4n) is 4.39. The molecule has 0 unspecified atom stereocenters. The van der Waals surface area contributed by atoms with Crippen molar-refractivity contribution in [2.45, 2.75) is 11.8 Å². The van der Waals surface area contributed by atoms with Crippen LogP contribution in [-0.4, -0.2) is 40.6 Å². The van der Waals surface area contributed by atoms with Gasteiger partial charge in [0.2, 0.25) is 0 Å². The summed E-state index contributed by atoms with van der Waals surface area (Å²) < 4.78 is 45.7. The number of aryl methyl sites for hydroxylation is 1. The first-order chi connectivity index (χ1) is 20.7. The summed E-state index contributed by atoms with van der Waals surface area (Å²) in [5.41, 5.74) is 3.26. The zero-order chi connectivity index (χ0) is 30.6. The Bertz CT molecular complexity index is 1890. The van der Waals surface area contributed by atoms with E-state index in [1.807, 2.05) is 31.2 Å². The lowest BCUT2D eigenvalue weighted by Crippen LogP contribution is -2.15. The van der Waals surface area contributed by atoms with E-state index in [0.717, 1.165) is 10.9 Å². The quantitative estimate of drug-likeness (QED) is 0.169. The molecule has 0 radical (unpaired) electrons. The van der Waals surface area contributed by atoms with Gasteiger partial charge in [0.15, 0.2) is 5.82 Å². The van der Waals surface area contributed by atoms with Gasteiger partial charge < -0.3 is 24.8 Å². The summed E-state index contributed by atoms with van der Waals surface area (Å²) >= 11 is 0. The third-order valence-electron chi connectivity index (χ3n) is 6.68. The number of nitrogens with one attached hydrogen (secondary N) is 3. The van der Waals surface area contributed by atoms with E-state index < -0.39 is 10.0 Å². The summed E-state index contributed by atoms with van der Waals surface area (Å²) in [6, 6.07) is 25.4. The highest BCUT2D eigenvalue weighted by Crippen LogP contribution is 2.33. The molecule has 4 aromatic carbocycles. The van der Waals surface area contributed by atoms with E-state index in [1.54, 1.807) is 63.8 Å². The van der Waals surface area contributed by atoms with Crippen molar-refractivity contribution < 1.29 is 27.4 Å². The highest BCUT2D eigenvalue weighted by molar-refractivity contribution is 7.92. The Morgan fingerprint density at radius 2 is 1.47 bits per heavy atom. The summed E-state index contributed by atoms with van der Waals surface area (Å²) in [5, 5.41) is 6.72. The lowest BCUT2D eigenvalue weighted by atomic mass is 10.1. The average molecular weight is 599 g/mol. The highest BCUT2D eigenvalue weighted by Gasteiger charge is 2.19. The number of hydrogen-bond acceptors (Lipinski definition) is 8. The molecule has 0 spiro atoms. The van der Waals surface area contributed by atoms with Crippen molar-refractivity contribution in [3.8, 4) is 17.2 Å². The number of methoxy groups -OCH3 is 3. The monoisotopic (exact) mass is 598 g/mol. The van der Waals surface area contributed by atoms with Crippen LogP contribution in [0.25, 0.3) is 10.9 Å². The number of carbonyl (C=O) groups is 1. The summed E-state index contributed by atoms with van der Waals surface area (Å²) in [5.74, 6) is 1.65. The van der Waals surface area contributed by atoms with Crippen molar-refractivity contribution in [3.63, 3.8) is 0 Å². The number of benzene rings is 4. The van der Waals surface area contributed by atoms with Gasteiger partial charge in [-0.3, -0.25) is 9.52 Å². The van der Waals surface area contributed by atoms with E-state index in [1.165, 1.54) is 24.3 Å². The van der Waals surface area contributed by atoms with Crippen molar-refractivity contribution in [2.24, 2.45) is 0 Å². The second kappa shape index (κ2) is 12.3. The van der Waals surface area contributed by atoms with Crippen molar-refractivity contribution >= 4 is 49.7 Å². The Balaban J connectivity index is 1.41. The number of para-hydroxylation sites is 1. The number of pyridine rings is 1. The van der Waals surface area contributed by atoms with Crippen LogP contribution < -0.4 is 29.6 Å². The number of anilines is 4. The van der Waals surface area contributed by atoms with Gasteiger partial charge in [-0.05, 0) is 61.0 Å². The molecule has 11 heteroatoms. The number of hydrogen-bond donors (Lipinski definition) is 3. The third-order valence-corrected chi connectivity index (χ3v) is 8.06.